The quantitative estimate of drug-likeness (QED) is 0.438. The molecule has 0 unspecified atom stereocenters. The van der Waals surface area contributed by atoms with Gasteiger partial charge in [0.05, 0.1) is 25.3 Å². The topological polar surface area (TPSA) is 104 Å². The standard InChI is InChI=1S/C27H30O7/c1-26(2,3)22(29)17-11-9-15(13-19(17)24(31)33-7)21(28)16-10-12-18(23(30)27(4,5)6)20(14-16)25(32)34-8/h9-14H,1-8H3. The van der Waals surface area contributed by atoms with Crippen LogP contribution in [0.15, 0.2) is 36.4 Å². The van der Waals surface area contributed by atoms with Crippen molar-refractivity contribution in [2.24, 2.45) is 10.8 Å². The van der Waals surface area contributed by atoms with Crippen molar-refractivity contribution in [3.8, 4) is 0 Å². The van der Waals surface area contributed by atoms with Crippen LogP contribution in [0.4, 0.5) is 0 Å². The van der Waals surface area contributed by atoms with Crippen molar-refractivity contribution in [2.75, 3.05) is 14.2 Å². The molecule has 0 saturated carbocycles. The van der Waals surface area contributed by atoms with E-state index in [1.54, 1.807) is 41.5 Å². The van der Waals surface area contributed by atoms with Gasteiger partial charge in [-0.15, -0.1) is 0 Å². The molecule has 0 amide bonds. The molecule has 0 heterocycles. The van der Waals surface area contributed by atoms with Crippen molar-refractivity contribution in [3.05, 3.63) is 69.8 Å². The Labute approximate surface area is 199 Å². The molecule has 0 radical (unpaired) electrons. The zero-order valence-electron chi connectivity index (χ0n) is 20.8. The molecule has 2 rings (SSSR count). The van der Waals surface area contributed by atoms with E-state index in [0.29, 0.717) is 0 Å². The van der Waals surface area contributed by atoms with Crippen molar-refractivity contribution < 1.29 is 33.4 Å². The van der Waals surface area contributed by atoms with Gasteiger partial charge in [0.2, 0.25) is 0 Å². The number of hydrogen-bond acceptors (Lipinski definition) is 7. The molecule has 2 aromatic rings. The Bertz CT molecular complexity index is 1080. The van der Waals surface area contributed by atoms with Gasteiger partial charge in [0.15, 0.2) is 17.3 Å². The van der Waals surface area contributed by atoms with Crippen LogP contribution in [0, 0.1) is 10.8 Å². The summed E-state index contributed by atoms with van der Waals surface area (Å²) in [6.07, 6.45) is 0. The van der Waals surface area contributed by atoms with Gasteiger partial charge in [-0.25, -0.2) is 9.59 Å². The minimum Gasteiger partial charge on any atom is -0.465 e. The van der Waals surface area contributed by atoms with Crippen LogP contribution < -0.4 is 0 Å². The van der Waals surface area contributed by atoms with E-state index in [1.807, 2.05) is 0 Å². The van der Waals surface area contributed by atoms with E-state index in [2.05, 4.69) is 0 Å². The first-order valence-corrected chi connectivity index (χ1v) is 10.7. The molecule has 34 heavy (non-hydrogen) atoms. The van der Waals surface area contributed by atoms with Crippen molar-refractivity contribution in [1.82, 2.24) is 0 Å². The molecule has 0 spiro atoms. The maximum atomic E-state index is 13.3. The third-order valence-electron chi connectivity index (χ3n) is 5.23. The van der Waals surface area contributed by atoms with E-state index in [9.17, 15) is 24.0 Å². The third-order valence-corrected chi connectivity index (χ3v) is 5.23. The molecule has 0 aliphatic heterocycles. The first-order chi connectivity index (χ1) is 15.6. The molecule has 0 atom stereocenters. The molecule has 0 aromatic heterocycles. The summed E-state index contributed by atoms with van der Waals surface area (Å²) in [5.41, 5.74) is -1.01. The number of hydrogen-bond donors (Lipinski definition) is 0. The zero-order chi connectivity index (χ0) is 26.0. The van der Waals surface area contributed by atoms with E-state index in [4.69, 9.17) is 9.47 Å². The average Bonchev–Trinajstić information content (AvgIpc) is 2.79. The summed E-state index contributed by atoms with van der Waals surface area (Å²) in [7, 11) is 2.38. The van der Waals surface area contributed by atoms with Crippen LogP contribution in [0.2, 0.25) is 0 Å². The predicted molar refractivity (Wildman–Crippen MR) is 127 cm³/mol. The van der Waals surface area contributed by atoms with Gasteiger partial charge in [-0.05, 0) is 24.3 Å². The normalized spacial score (nSPS) is 11.5. The van der Waals surface area contributed by atoms with Crippen LogP contribution in [-0.4, -0.2) is 43.5 Å². The molecule has 0 aliphatic rings. The number of ketones is 3. The minimum absolute atomic E-state index is 0.0269. The number of carbonyl (C=O) groups excluding carboxylic acids is 5. The van der Waals surface area contributed by atoms with Crippen molar-refractivity contribution in [3.63, 3.8) is 0 Å². The van der Waals surface area contributed by atoms with Crippen LogP contribution in [0.3, 0.4) is 0 Å². The number of benzene rings is 2. The lowest BCUT2D eigenvalue weighted by atomic mass is 9.83. The summed E-state index contributed by atoms with van der Waals surface area (Å²) in [5.74, 6) is -2.54. The SMILES string of the molecule is COC(=O)c1cc(C(=O)c2ccc(C(=O)C(C)(C)C)c(C(=O)OC)c2)ccc1C(=O)C(C)(C)C. The van der Waals surface area contributed by atoms with Gasteiger partial charge < -0.3 is 9.47 Å². The van der Waals surface area contributed by atoms with Gasteiger partial charge in [-0.1, -0.05) is 53.7 Å². The van der Waals surface area contributed by atoms with Crippen molar-refractivity contribution >= 4 is 29.3 Å². The number of Topliss-reactive ketones (excluding diaryl/α,β-unsaturated/α-hetero) is 2. The Hall–Kier alpha value is -3.61. The molecule has 2 aromatic carbocycles. The number of esters is 2. The van der Waals surface area contributed by atoms with Gasteiger partial charge in [-0.2, -0.15) is 0 Å². The second kappa shape index (κ2) is 9.71. The van der Waals surface area contributed by atoms with Gasteiger partial charge in [0.1, 0.15) is 0 Å². The van der Waals surface area contributed by atoms with Gasteiger partial charge in [0.25, 0.3) is 0 Å². The van der Waals surface area contributed by atoms with E-state index in [-0.39, 0.29) is 44.9 Å². The lowest BCUT2D eigenvalue weighted by Gasteiger charge is -2.19. The van der Waals surface area contributed by atoms with Crippen LogP contribution in [-0.2, 0) is 9.47 Å². The monoisotopic (exact) mass is 466 g/mol. The molecule has 7 heteroatoms. The summed E-state index contributed by atoms with van der Waals surface area (Å²) < 4.78 is 9.64. The largest absolute Gasteiger partial charge is 0.465 e. The lowest BCUT2D eigenvalue weighted by Crippen LogP contribution is -2.24. The summed E-state index contributed by atoms with van der Waals surface area (Å²) in [4.78, 5) is 63.7. The highest BCUT2D eigenvalue weighted by Crippen LogP contribution is 2.27. The number of rotatable bonds is 6. The maximum Gasteiger partial charge on any atom is 0.338 e. The van der Waals surface area contributed by atoms with E-state index < -0.39 is 28.6 Å². The van der Waals surface area contributed by atoms with Crippen LogP contribution in [0.25, 0.3) is 0 Å². The number of methoxy groups -OCH3 is 2. The predicted octanol–water partition coefficient (Wildman–Crippen LogP) is 4.95. The third kappa shape index (κ3) is 5.47. The van der Waals surface area contributed by atoms with Crippen molar-refractivity contribution in [2.45, 2.75) is 41.5 Å². The Morgan fingerprint density at radius 3 is 1.15 bits per heavy atom. The van der Waals surface area contributed by atoms with E-state index in [0.717, 1.165) is 0 Å². The Morgan fingerprint density at radius 1 is 0.559 bits per heavy atom. The summed E-state index contributed by atoms with van der Waals surface area (Å²) in [6, 6.07) is 8.34. The smallest absolute Gasteiger partial charge is 0.338 e. The fourth-order valence-electron chi connectivity index (χ4n) is 3.30. The molecular formula is C27H30O7. The first kappa shape index (κ1) is 26.6. The fraction of sp³-hybridized carbons (Fsp3) is 0.370. The molecule has 180 valence electrons. The van der Waals surface area contributed by atoms with Gasteiger partial charge in [-0.3, -0.25) is 14.4 Å². The molecule has 7 nitrogen and oxygen atoms in total. The minimum atomic E-state index is -0.751. The fourth-order valence-corrected chi connectivity index (χ4v) is 3.30. The zero-order valence-corrected chi connectivity index (χ0v) is 20.8. The van der Waals surface area contributed by atoms with Crippen LogP contribution in [0.1, 0.15) is 98.9 Å². The van der Waals surface area contributed by atoms with E-state index >= 15 is 0 Å². The molecule has 0 bridgehead atoms. The Kier molecular flexibility index (Phi) is 7.61. The average molecular weight is 467 g/mol. The maximum absolute atomic E-state index is 13.3. The molecule has 0 aliphatic carbocycles. The number of carbonyl (C=O) groups is 5. The Morgan fingerprint density at radius 2 is 0.882 bits per heavy atom. The first-order valence-electron chi connectivity index (χ1n) is 10.7. The second-order valence-electron chi connectivity index (χ2n) is 9.99. The highest BCUT2D eigenvalue weighted by molar-refractivity contribution is 6.15. The number of ether oxygens (including phenoxy) is 2. The van der Waals surface area contributed by atoms with Gasteiger partial charge >= 0.3 is 11.9 Å². The van der Waals surface area contributed by atoms with Gasteiger partial charge in [0, 0.05) is 33.1 Å². The summed E-state index contributed by atoms with van der Waals surface area (Å²) >= 11 is 0. The second-order valence-corrected chi connectivity index (χ2v) is 9.99. The highest BCUT2D eigenvalue weighted by atomic mass is 16.5. The molecule has 0 fully saturated rings. The van der Waals surface area contributed by atoms with Crippen molar-refractivity contribution in [1.29, 1.82) is 0 Å². The highest BCUT2D eigenvalue weighted by Gasteiger charge is 2.30. The molecular weight excluding hydrogens is 436 g/mol. The lowest BCUT2D eigenvalue weighted by molar-refractivity contribution is 0.0588. The summed E-state index contributed by atoms with van der Waals surface area (Å²) in [5, 5.41) is 0. The Balaban J connectivity index is 2.63. The van der Waals surface area contributed by atoms with Crippen LogP contribution >= 0.6 is 0 Å². The molecule has 0 saturated heterocycles. The molecule has 0 N–H and O–H groups in total. The van der Waals surface area contributed by atoms with E-state index in [1.165, 1.54) is 50.6 Å². The van der Waals surface area contributed by atoms with Crippen LogP contribution in [0.5, 0.6) is 0 Å². The summed E-state index contributed by atoms with van der Waals surface area (Å²) in [6.45, 7) is 10.4.